The molecule has 0 N–H and O–H groups in total. The second-order valence-electron chi connectivity index (χ2n) is 8.32. The number of ketones is 2. The molecule has 31 heavy (non-hydrogen) atoms. The first kappa shape index (κ1) is 21.0. The van der Waals surface area contributed by atoms with E-state index in [-0.39, 0.29) is 23.5 Å². The second kappa shape index (κ2) is 8.84. The Morgan fingerprint density at radius 1 is 0.806 bits per heavy atom. The molecule has 0 unspecified atom stereocenters. The number of hydrogen-bond donors (Lipinski definition) is 0. The fourth-order valence-electron chi connectivity index (χ4n) is 4.73. The molecule has 1 heterocycles. The zero-order chi connectivity index (χ0) is 22.0. The minimum atomic E-state index is -0.216. The fraction of sp³-hybridized carbons (Fsp3) is 0.296. The summed E-state index contributed by atoms with van der Waals surface area (Å²) in [5.41, 5.74) is 3.38. The molecule has 1 fully saturated rings. The Balaban J connectivity index is 2.07. The lowest BCUT2D eigenvalue weighted by Crippen LogP contribution is -2.39. The average Bonchev–Trinajstić information content (AvgIpc) is 2.78. The molecule has 0 bridgehead atoms. The summed E-state index contributed by atoms with van der Waals surface area (Å²) < 4.78 is 0. The highest BCUT2D eigenvalue weighted by molar-refractivity contribution is 6.19. The minimum absolute atomic E-state index is 0.0372. The van der Waals surface area contributed by atoms with E-state index in [1.807, 2.05) is 54.6 Å². The van der Waals surface area contributed by atoms with Crippen molar-refractivity contribution >= 4 is 23.0 Å². The summed E-state index contributed by atoms with van der Waals surface area (Å²) in [7, 11) is 0. The molecular formula is C27H27NO3. The van der Waals surface area contributed by atoms with E-state index in [4.69, 9.17) is 0 Å². The van der Waals surface area contributed by atoms with Crippen LogP contribution >= 0.6 is 0 Å². The number of allylic oxidation sites excluding steroid dienone is 2. The van der Waals surface area contributed by atoms with E-state index in [9.17, 15) is 14.4 Å². The van der Waals surface area contributed by atoms with Gasteiger partial charge < -0.3 is 4.90 Å². The Morgan fingerprint density at radius 3 is 2.03 bits per heavy atom. The first-order valence-electron chi connectivity index (χ1n) is 10.9. The maximum absolute atomic E-state index is 13.8. The van der Waals surface area contributed by atoms with Gasteiger partial charge in [-0.3, -0.25) is 14.4 Å². The Morgan fingerprint density at radius 2 is 1.42 bits per heavy atom. The lowest BCUT2D eigenvalue weighted by atomic mass is 9.83. The summed E-state index contributed by atoms with van der Waals surface area (Å²) in [6, 6.07) is 17.0. The minimum Gasteiger partial charge on any atom is -0.311 e. The zero-order valence-electron chi connectivity index (χ0n) is 18.1. The van der Waals surface area contributed by atoms with E-state index in [2.05, 4.69) is 0 Å². The van der Waals surface area contributed by atoms with Gasteiger partial charge in [0.25, 0.3) is 5.91 Å². The molecule has 2 aliphatic rings. The highest BCUT2D eigenvalue weighted by Crippen LogP contribution is 2.37. The van der Waals surface area contributed by atoms with Crippen molar-refractivity contribution in [1.82, 2.24) is 4.90 Å². The number of Topliss-reactive ketones (excluding diaryl/α,β-unsaturated/α-hetero) is 2. The molecule has 0 aromatic heterocycles. The van der Waals surface area contributed by atoms with Crippen molar-refractivity contribution in [3.63, 3.8) is 0 Å². The molecule has 0 saturated heterocycles. The monoisotopic (exact) mass is 413 g/mol. The lowest BCUT2D eigenvalue weighted by Gasteiger charge is -2.34. The fourth-order valence-corrected chi connectivity index (χ4v) is 4.73. The molecule has 0 radical (unpaired) electrons. The van der Waals surface area contributed by atoms with Crippen molar-refractivity contribution in [2.24, 2.45) is 0 Å². The number of carbonyl (C=O) groups is 3. The number of nitrogens with zero attached hydrogens (tertiary/aromatic N) is 1. The molecule has 0 atom stereocenters. The third-order valence-corrected chi connectivity index (χ3v) is 6.21. The van der Waals surface area contributed by atoms with Crippen LogP contribution in [0, 0.1) is 0 Å². The zero-order valence-corrected chi connectivity index (χ0v) is 18.1. The smallest absolute Gasteiger partial charge is 0.258 e. The molecule has 1 aliphatic heterocycles. The van der Waals surface area contributed by atoms with Crippen LogP contribution in [-0.2, 0) is 9.59 Å². The molecule has 4 heteroatoms. The second-order valence-corrected chi connectivity index (χ2v) is 8.32. The van der Waals surface area contributed by atoms with E-state index in [0.717, 1.165) is 37.7 Å². The Kier molecular flexibility index (Phi) is 5.99. The van der Waals surface area contributed by atoms with Crippen LogP contribution in [0.15, 0.2) is 71.9 Å². The van der Waals surface area contributed by atoms with Crippen molar-refractivity contribution in [3.05, 3.63) is 88.6 Å². The van der Waals surface area contributed by atoms with Crippen molar-refractivity contribution < 1.29 is 14.4 Å². The lowest BCUT2D eigenvalue weighted by molar-refractivity contribution is -0.116. The highest BCUT2D eigenvalue weighted by Gasteiger charge is 2.33. The van der Waals surface area contributed by atoms with Gasteiger partial charge in [0.1, 0.15) is 0 Å². The van der Waals surface area contributed by atoms with Gasteiger partial charge in [-0.05, 0) is 43.9 Å². The van der Waals surface area contributed by atoms with Gasteiger partial charge in [0, 0.05) is 34.5 Å². The summed E-state index contributed by atoms with van der Waals surface area (Å²) in [4.78, 5) is 41.3. The molecule has 4 nitrogen and oxygen atoms in total. The van der Waals surface area contributed by atoms with Crippen LogP contribution in [0.3, 0.4) is 0 Å². The molecule has 4 rings (SSSR count). The van der Waals surface area contributed by atoms with E-state index < -0.39 is 0 Å². The van der Waals surface area contributed by atoms with Crippen LogP contribution < -0.4 is 0 Å². The van der Waals surface area contributed by atoms with Crippen LogP contribution in [0.5, 0.6) is 0 Å². The maximum atomic E-state index is 13.8. The van der Waals surface area contributed by atoms with Gasteiger partial charge in [-0.1, -0.05) is 67.8 Å². The summed E-state index contributed by atoms with van der Waals surface area (Å²) in [5, 5.41) is 0. The normalized spacial score (nSPS) is 17.5. The third-order valence-electron chi connectivity index (χ3n) is 6.21. The van der Waals surface area contributed by atoms with Crippen LogP contribution in [-0.4, -0.2) is 28.4 Å². The van der Waals surface area contributed by atoms with Gasteiger partial charge in [-0.25, -0.2) is 0 Å². The molecule has 2 aromatic carbocycles. The number of hydrogen-bond acceptors (Lipinski definition) is 3. The maximum Gasteiger partial charge on any atom is 0.258 e. The van der Waals surface area contributed by atoms with Crippen LogP contribution in [0.1, 0.15) is 67.4 Å². The van der Waals surface area contributed by atoms with Crippen molar-refractivity contribution in [2.45, 2.75) is 52.0 Å². The number of rotatable bonds is 4. The van der Waals surface area contributed by atoms with E-state index in [1.165, 1.54) is 13.8 Å². The van der Waals surface area contributed by atoms with E-state index >= 15 is 0 Å². The molecule has 2 aromatic rings. The third kappa shape index (κ3) is 4.02. The van der Waals surface area contributed by atoms with Crippen molar-refractivity contribution in [3.8, 4) is 0 Å². The largest absolute Gasteiger partial charge is 0.311 e. The summed E-state index contributed by atoms with van der Waals surface area (Å²) in [6.07, 6.45) is 6.74. The van der Waals surface area contributed by atoms with E-state index in [1.54, 1.807) is 11.1 Å². The predicted octanol–water partition coefficient (Wildman–Crippen LogP) is 5.34. The average molecular weight is 414 g/mol. The van der Waals surface area contributed by atoms with Gasteiger partial charge >= 0.3 is 0 Å². The molecule has 1 saturated carbocycles. The van der Waals surface area contributed by atoms with Crippen molar-refractivity contribution in [1.29, 1.82) is 0 Å². The SMILES string of the molecule is CC(=O)C1=CN(C2CCCCC2)C(=O)c2ccccc2C(c2ccccc2)=C1C(C)=O. The summed E-state index contributed by atoms with van der Waals surface area (Å²) >= 11 is 0. The number of fused-ring (bicyclic) bond motifs is 1. The molecular weight excluding hydrogens is 386 g/mol. The Labute approximate surface area is 183 Å². The van der Waals surface area contributed by atoms with Gasteiger partial charge in [0.2, 0.25) is 0 Å². The molecule has 1 amide bonds. The predicted molar refractivity (Wildman–Crippen MR) is 121 cm³/mol. The highest BCUT2D eigenvalue weighted by atomic mass is 16.2. The Bertz CT molecular complexity index is 1090. The number of benzene rings is 2. The van der Waals surface area contributed by atoms with E-state index in [0.29, 0.717) is 27.8 Å². The molecule has 158 valence electrons. The molecule has 1 aliphatic carbocycles. The van der Waals surface area contributed by atoms with Crippen LogP contribution in [0.25, 0.3) is 5.57 Å². The van der Waals surface area contributed by atoms with Gasteiger partial charge in [-0.2, -0.15) is 0 Å². The standard InChI is InChI=1S/C27H27NO3/c1-18(29)24-17-28(21-13-7-4-8-14-21)27(31)23-16-10-9-15-22(23)26(25(24)19(2)30)20-11-5-3-6-12-20/h3,5-6,9-12,15-17,21H,4,7-8,13-14H2,1-2H3. The van der Waals surface area contributed by atoms with Crippen LogP contribution in [0.4, 0.5) is 0 Å². The number of carbonyl (C=O) groups excluding carboxylic acids is 3. The van der Waals surface area contributed by atoms with Gasteiger partial charge in [-0.15, -0.1) is 0 Å². The quantitative estimate of drug-likeness (QED) is 0.680. The van der Waals surface area contributed by atoms with Crippen molar-refractivity contribution in [2.75, 3.05) is 0 Å². The van der Waals surface area contributed by atoms with Gasteiger partial charge in [0.05, 0.1) is 0 Å². The summed E-state index contributed by atoms with van der Waals surface area (Å²) in [6.45, 7) is 2.96. The first-order chi connectivity index (χ1) is 15.0. The first-order valence-corrected chi connectivity index (χ1v) is 10.9. The Hall–Kier alpha value is -3.27. The van der Waals surface area contributed by atoms with Gasteiger partial charge in [0.15, 0.2) is 11.6 Å². The van der Waals surface area contributed by atoms with Crippen LogP contribution in [0.2, 0.25) is 0 Å². The summed E-state index contributed by atoms with van der Waals surface area (Å²) in [5.74, 6) is -0.517. The number of amides is 1. The topological polar surface area (TPSA) is 54.5 Å². The molecule has 0 spiro atoms.